The van der Waals surface area contributed by atoms with Gasteiger partial charge in [0.2, 0.25) is 0 Å². The Balaban J connectivity index is 1.74. The maximum Gasteiger partial charge on any atom is 0.151 e. The second-order valence-corrected chi connectivity index (χ2v) is 4.97. The first-order valence-corrected chi connectivity index (χ1v) is 6.75. The Morgan fingerprint density at radius 1 is 1.26 bits per heavy atom. The van der Waals surface area contributed by atoms with Gasteiger partial charge in [0, 0.05) is 25.8 Å². The van der Waals surface area contributed by atoms with Crippen LogP contribution in [0.3, 0.4) is 0 Å². The molecule has 0 aliphatic carbocycles. The highest BCUT2D eigenvalue weighted by atomic mass is 15.3. The summed E-state index contributed by atoms with van der Waals surface area (Å²) in [5, 5.41) is 12.1. The van der Waals surface area contributed by atoms with Crippen molar-refractivity contribution in [2.75, 3.05) is 25.0 Å². The Labute approximate surface area is 113 Å². The van der Waals surface area contributed by atoms with E-state index in [0.29, 0.717) is 6.04 Å². The fourth-order valence-corrected chi connectivity index (χ4v) is 2.50. The molecule has 0 bridgehead atoms. The largest absolute Gasteiger partial charge is 0.360 e. The summed E-state index contributed by atoms with van der Waals surface area (Å²) in [6.07, 6.45) is 4.33. The first kappa shape index (κ1) is 12.2. The first-order chi connectivity index (χ1) is 9.34. The van der Waals surface area contributed by atoms with Crippen molar-refractivity contribution in [2.24, 2.45) is 0 Å². The lowest BCUT2D eigenvalue weighted by atomic mass is 10.1. The van der Waals surface area contributed by atoms with Gasteiger partial charge in [-0.05, 0) is 43.7 Å². The predicted octanol–water partition coefficient (Wildman–Crippen LogP) is 1.66. The summed E-state index contributed by atoms with van der Waals surface area (Å²) >= 11 is 0. The molecular formula is C14H19N5. The van der Waals surface area contributed by atoms with Gasteiger partial charge in [-0.3, -0.25) is 0 Å². The average Bonchev–Trinajstić information content (AvgIpc) is 3.02. The van der Waals surface area contributed by atoms with Crippen molar-refractivity contribution in [3.63, 3.8) is 0 Å². The van der Waals surface area contributed by atoms with Gasteiger partial charge in [0.25, 0.3) is 0 Å². The zero-order chi connectivity index (χ0) is 13.1. The summed E-state index contributed by atoms with van der Waals surface area (Å²) in [5.41, 5.74) is 1.88. The number of piperidine rings is 1. The first-order valence-electron chi connectivity index (χ1n) is 6.75. The van der Waals surface area contributed by atoms with Crippen LogP contribution in [0.2, 0.25) is 0 Å². The molecule has 2 N–H and O–H groups in total. The predicted molar refractivity (Wildman–Crippen MR) is 76.1 cm³/mol. The van der Waals surface area contributed by atoms with E-state index in [2.05, 4.69) is 32.4 Å². The highest BCUT2D eigenvalue weighted by Gasteiger charge is 2.19. The number of nitrogens with zero attached hydrogens (tertiary/aromatic N) is 3. The summed E-state index contributed by atoms with van der Waals surface area (Å²) < 4.78 is 0. The number of rotatable bonds is 3. The summed E-state index contributed by atoms with van der Waals surface area (Å²) in [4.78, 5) is 5.36. The topological polar surface area (TPSA) is 56.8 Å². The molecule has 5 heteroatoms. The molecule has 1 unspecified atom stereocenters. The van der Waals surface area contributed by atoms with E-state index in [4.69, 9.17) is 0 Å². The molecule has 3 rings (SSSR count). The monoisotopic (exact) mass is 257 g/mol. The van der Waals surface area contributed by atoms with Gasteiger partial charge in [0.05, 0.1) is 5.69 Å². The molecule has 3 heterocycles. The minimum absolute atomic E-state index is 0.513. The number of likely N-dealkylation sites (N-methyl/N-ethyl adjacent to an activating group) is 1. The molecule has 0 aromatic carbocycles. The molecule has 19 heavy (non-hydrogen) atoms. The van der Waals surface area contributed by atoms with Crippen LogP contribution in [0.4, 0.5) is 5.82 Å². The number of aromatic amines is 1. The van der Waals surface area contributed by atoms with Crippen molar-refractivity contribution in [3.8, 4) is 11.4 Å². The van der Waals surface area contributed by atoms with E-state index in [0.717, 1.165) is 30.3 Å². The summed E-state index contributed by atoms with van der Waals surface area (Å²) in [5.74, 6) is 0.934. The maximum absolute atomic E-state index is 4.34. The SMILES string of the molecule is CN(c1ccc(-c2ccc[nH]2)nn1)C1CCCNC1. The number of aromatic nitrogens is 3. The van der Waals surface area contributed by atoms with Gasteiger partial charge in [-0.1, -0.05) is 0 Å². The quantitative estimate of drug-likeness (QED) is 0.878. The van der Waals surface area contributed by atoms with Gasteiger partial charge in [0.1, 0.15) is 5.69 Å². The van der Waals surface area contributed by atoms with E-state index >= 15 is 0 Å². The van der Waals surface area contributed by atoms with Crippen LogP contribution in [0.15, 0.2) is 30.5 Å². The third-order valence-corrected chi connectivity index (χ3v) is 3.70. The normalized spacial score (nSPS) is 19.3. The maximum atomic E-state index is 4.34. The van der Waals surface area contributed by atoms with E-state index in [1.54, 1.807) is 0 Å². The molecule has 2 aromatic rings. The van der Waals surface area contributed by atoms with Gasteiger partial charge in [0.15, 0.2) is 5.82 Å². The molecule has 1 atom stereocenters. The average molecular weight is 257 g/mol. The van der Waals surface area contributed by atoms with E-state index in [-0.39, 0.29) is 0 Å². The Bertz CT molecular complexity index is 499. The highest BCUT2D eigenvalue weighted by Crippen LogP contribution is 2.19. The van der Waals surface area contributed by atoms with Crippen molar-refractivity contribution < 1.29 is 0 Å². The minimum atomic E-state index is 0.513. The Morgan fingerprint density at radius 3 is 2.84 bits per heavy atom. The molecule has 1 aliphatic rings. The molecule has 0 spiro atoms. The van der Waals surface area contributed by atoms with Crippen LogP contribution >= 0.6 is 0 Å². The van der Waals surface area contributed by atoms with Gasteiger partial charge in [-0.25, -0.2) is 0 Å². The van der Waals surface area contributed by atoms with Crippen molar-refractivity contribution in [1.29, 1.82) is 0 Å². The third-order valence-electron chi connectivity index (χ3n) is 3.70. The van der Waals surface area contributed by atoms with Crippen molar-refractivity contribution >= 4 is 5.82 Å². The summed E-state index contributed by atoms with van der Waals surface area (Å²) in [6.45, 7) is 2.15. The zero-order valence-electron chi connectivity index (χ0n) is 11.1. The van der Waals surface area contributed by atoms with E-state index in [1.165, 1.54) is 12.8 Å². The van der Waals surface area contributed by atoms with E-state index in [9.17, 15) is 0 Å². The minimum Gasteiger partial charge on any atom is -0.360 e. The van der Waals surface area contributed by atoms with Crippen LogP contribution in [0, 0.1) is 0 Å². The molecule has 100 valence electrons. The van der Waals surface area contributed by atoms with Crippen molar-refractivity contribution in [1.82, 2.24) is 20.5 Å². The second kappa shape index (κ2) is 5.40. The fourth-order valence-electron chi connectivity index (χ4n) is 2.50. The van der Waals surface area contributed by atoms with Gasteiger partial charge < -0.3 is 15.2 Å². The number of hydrogen-bond acceptors (Lipinski definition) is 4. The zero-order valence-corrected chi connectivity index (χ0v) is 11.1. The van der Waals surface area contributed by atoms with Gasteiger partial charge in [-0.2, -0.15) is 0 Å². The molecular weight excluding hydrogens is 238 g/mol. The van der Waals surface area contributed by atoms with Gasteiger partial charge in [-0.15, -0.1) is 10.2 Å². The third kappa shape index (κ3) is 2.61. The van der Waals surface area contributed by atoms with Crippen LogP contribution in [-0.4, -0.2) is 41.4 Å². The van der Waals surface area contributed by atoms with E-state index < -0.39 is 0 Å². The Kier molecular flexibility index (Phi) is 3.46. The Morgan fingerprint density at radius 2 is 2.21 bits per heavy atom. The van der Waals surface area contributed by atoms with Crippen LogP contribution < -0.4 is 10.2 Å². The lowest BCUT2D eigenvalue weighted by Gasteiger charge is -2.32. The number of hydrogen-bond donors (Lipinski definition) is 2. The lowest BCUT2D eigenvalue weighted by molar-refractivity contribution is 0.442. The number of anilines is 1. The molecule has 1 aliphatic heterocycles. The summed E-state index contributed by atoms with van der Waals surface area (Å²) in [7, 11) is 2.09. The van der Waals surface area contributed by atoms with Crippen molar-refractivity contribution in [3.05, 3.63) is 30.5 Å². The van der Waals surface area contributed by atoms with Crippen molar-refractivity contribution in [2.45, 2.75) is 18.9 Å². The number of nitrogens with one attached hydrogen (secondary N) is 2. The van der Waals surface area contributed by atoms with Crippen LogP contribution in [0.25, 0.3) is 11.4 Å². The molecule has 0 amide bonds. The van der Waals surface area contributed by atoms with Gasteiger partial charge >= 0.3 is 0 Å². The van der Waals surface area contributed by atoms with Crippen LogP contribution in [-0.2, 0) is 0 Å². The Hall–Kier alpha value is -1.88. The second-order valence-electron chi connectivity index (χ2n) is 4.97. The number of H-pyrrole nitrogens is 1. The molecule has 5 nitrogen and oxygen atoms in total. The fraction of sp³-hybridized carbons (Fsp3) is 0.429. The molecule has 0 radical (unpaired) electrons. The smallest absolute Gasteiger partial charge is 0.151 e. The van der Waals surface area contributed by atoms with Crippen LogP contribution in [0.5, 0.6) is 0 Å². The molecule has 0 saturated carbocycles. The van der Waals surface area contributed by atoms with Crippen LogP contribution in [0.1, 0.15) is 12.8 Å². The summed E-state index contributed by atoms with van der Waals surface area (Å²) in [6, 6.07) is 8.53. The molecule has 2 aromatic heterocycles. The highest BCUT2D eigenvalue weighted by molar-refractivity contribution is 5.55. The molecule has 1 saturated heterocycles. The standard InChI is InChI=1S/C14H19N5/c1-19(11-4-2-8-15-10-11)14-7-6-13(17-18-14)12-5-3-9-16-12/h3,5-7,9,11,15-16H,2,4,8,10H2,1H3. The lowest BCUT2D eigenvalue weighted by Crippen LogP contribution is -2.44. The van der Waals surface area contributed by atoms with E-state index in [1.807, 2.05) is 30.5 Å². The molecule has 1 fully saturated rings.